The van der Waals surface area contributed by atoms with Gasteiger partial charge in [0.05, 0.1) is 6.10 Å². The summed E-state index contributed by atoms with van der Waals surface area (Å²) < 4.78 is 10.7. The number of furan rings is 1. The van der Waals surface area contributed by atoms with Crippen LogP contribution in [0.5, 0.6) is 0 Å². The molecule has 0 saturated heterocycles. The van der Waals surface area contributed by atoms with Crippen molar-refractivity contribution in [3.63, 3.8) is 0 Å². The Morgan fingerprint density at radius 3 is 2.87 bits per heavy atom. The van der Waals surface area contributed by atoms with Gasteiger partial charge in [-0.05, 0) is 26.8 Å². The lowest BCUT2D eigenvalue weighted by Gasteiger charge is -2.04. The normalized spacial score (nSPS) is 10.7. The minimum atomic E-state index is -0.428. The van der Waals surface area contributed by atoms with Crippen LogP contribution in [0.15, 0.2) is 10.5 Å². The average molecular weight is 212 g/mol. The Bertz CT molecular complexity index is 344. The Kier molecular flexibility index (Phi) is 3.88. The maximum atomic E-state index is 11.2. The number of carbonyl (C=O) groups is 1. The van der Waals surface area contributed by atoms with Crippen molar-refractivity contribution in [2.24, 2.45) is 5.84 Å². The topological polar surface area (TPSA) is 77.5 Å². The van der Waals surface area contributed by atoms with Gasteiger partial charge >= 0.3 is 5.91 Å². The predicted molar refractivity (Wildman–Crippen MR) is 55.0 cm³/mol. The number of hydrogen-bond acceptors (Lipinski definition) is 4. The van der Waals surface area contributed by atoms with Gasteiger partial charge in [-0.2, -0.15) is 0 Å². The number of nitrogens with two attached hydrogens (primary N) is 1. The third-order valence-corrected chi connectivity index (χ3v) is 1.87. The Morgan fingerprint density at radius 2 is 2.33 bits per heavy atom. The third kappa shape index (κ3) is 3.07. The van der Waals surface area contributed by atoms with Gasteiger partial charge in [0.25, 0.3) is 0 Å². The number of carbonyl (C=O) groups excluding carboxylic acids is 1. The average Bonchev–Trinajstić information content (AvgIpc) is 2.55. The standard InChI is InChI=1S/C10H16N2O3/c1-6(2)14-5-8-4-7(3)9(15-8)10(13)12-11/h4,6H,5,11H2,1-3H3,(H,12,13). The summed E-state index contributed by atoms with van der Waals surface area (Å²) in [5, 5.41) is 0. The number of hydrogen-bond donors (Lipinski definition) is 2. The Morgan fingerprint density at radius 1 is 1.67 bits per heavy atom. The molecule has 1 aromatic heterocycles. The number of nitrogen functional groups attached to an aromatic ring is 1. The van der Waals surface area contributed by atoms with Gasteiger partial charge in [0.2, 0.25) is 0 Å². The molecule has 0 aliphatic heterocycles. The molecule has 1 amide bonds. The number of hydrazine groups is 1. The molecule has 5 heteroatoms. The Labute approximate surface area is 88.6 Å². The molecular weight excluding hydrogens is 196 g/mol. The Balaban J connectivity index is 2.72. The van der Waals surface area contributed by atoms with E-state index in [0.717, 1.165) is 5.56 Å². The molecule has 0 fully saturated rings. The molecule has 0 aliphatic carbocycles. The van der Waals surface area contributed by atoms with Crippen LogP contribution in [0, 0.1) is 6.92 Å². The number of nitrogens with one attached hydrogen (secondary N) is 1. The second-order valence-electron chi connectivity index (χ2n) is 3.56. The first-order chi connectivity index (χ1) is 7.04. The highest BCUT2D eigenvalue weighted by molar-refractivity contribution is 5.92. The van der Waals surface area contributed by atoms with Crippen molar-refractivity contribution in [1.82, 2.24) is 5.43 Å². The first kappa shape index (κ1) is 11.7. The van der Waals surface area contributed by atoms with Crippen LogP contribution in [0.25, 0.3) is 0 Å². The van der Waals surface area contributed by atoms with Crippen LogP contribution in [0.1, 0.15) is 35.7 Å². The first-order valence-corrected chi connectivity index (χ1v) is 4.76. The summed E-state index contributed by atoms with van der Waals surface area (Å²) in [4.78, 5) is 11.2. The van der Waals surface area contributed by atoms with Crippen molar-refractivity contribution in [1.29, 1.82) is 0 Å². The van der Waals surface area contributed by atoms with Crippen LogP contribution in [0.3, 0.4) is 0 Å². The molecule has 15 heavy (non-hydrogen) atoms. The van der Waals surface area contributed by atoms with Crippen molar-refractivity contribution in [2.45, 2.75) is 33.5 Å². The van der Waals surface area contributed by atoms with Crippen molar-refractivity contribution < 1.29 is 13.9 Å². The molecule has 0 spiro atoms. The van der Waals surface area contributed by atoms with Crippen LogP contribution >= 0.6 is 0 Å². The van der Waals surface area contributed by atoms with E-state index < -0.39 is 5.91 Å². The van der Waals surface area contributed by atoms with Gasteiger partial charge < -0.3 is 9.15 Å². The van der Waals surface area contributed by atoms with E-state index in [4.69, 9.17) is 15.0 Å². The van der Waals surface area contributed by atoms with Crippen LogP contribution < -0.4 is 11.3 Å². The summed E-state index contributed by atoms with van der Waals surface area (Å²) in [5.41, 5.74) is 2.78. The molecule has 0 aromatic carbocycles. The third-order valence-electron chi connectivity index (χ3n) is 1.87. The van der Waals surface area contributed by atoms with Crippen LogP contribution in [0.2, 0.25) is 0 Å². The largest absolute Gasteiger partial charge is 0.453 e. The number of aryl methyl sites for hydroxylation is 1. The lowest BCUT2D eigenvalue weighted by Crippen LogP contribution is -2.30. The minimum absolute atomic E-state index is 0.127. The van der Waals surface area contributed by atoms with Gasteiger partial charge in [0.1, 0.15) is 12.4 Å². The molecule has 0 bridgehead atoms. The van der Waals surface area contributed by atoms with Gasteiger partial charge in [-0.1, -0.05) is 0 Å². The van der Waals surface area contributed by atoms with E-state index in [-0.39, 0.29) is 11.9 Å². The van der Waals surface area contributed by atoms with E-state index in [1.165, 1.54) is 0 Å². The smallest absolute Gasteiger partial charge is 0.301 e. The summed E-state index contributed by atoms with van der Waals surface area (Å²) in [6.45, 7) is 6.01. The SMILES string of the molecule is Cc1cc(COC(C)C)oc1C(=O)NN. The zero-order valence-electron chi connectivity index (χ0n) is 9.16. The molecule has 0 atom stereocenters. The van der Waals surface area contributed by atoms with Gasteiger partial charge in [-0.3, -0.25) is 10.2 Å². The zero-order chi connectivity index (χ0) is 11.4. The fourth-order valence-electron chi connectivity index (χ4n) is 1.16. The van der Waals surface area contributed by atoms with Crippen molar-refractivity contribution in [3.05, 3.63) is 23.2 Å². The van der Waals surface area contributed by atoms with Crippen LogP contribution in [0.4, 0.5) is 0 Å². The maximum Gasteiger partial charge on any atom is 0.301 e. The number of amides is 1. The summed E-state index contributed by atoms with van der Waals surface area (Å²) in [6.07, 6.45) is 0.127. The van der Waals surface area contributed by atoms with E-state index in [1.807, 2.05) is 19.3 Å². The summed E-state index contributed by atoms with van der Waals surface area (Å²) in [6, 6.07) is 1.77. The number of ether oxygens (including phenoxy) is 1. The first-order valence-electron chi connectivity index (χ1n) is 4.76. The van der Waals surface area contributed by atoms with Gasteiger partial charge in [-0.15, -0.1) is 0 Å². The molecule has 5 nitrogen and oxygen atoms in total. The summed E-state index contributed by atoms with van der Waals surface area (Å²) >= 11 is 0. The van der Waals surface area contributed by atoms with Gasteiger partial charge in [0, 0.05) is 5.56 Å². The van der Waals surface area contributed by atoms with E-state index in [0.29, 0.717) is 12.4 Å². The molecule has 1 rings (SSSR count). The molecule has 3 N–H and O–H groups in total. The number of rotatable bonds is 4. The molecule has 1 heterocycles. The predicted octanol–water partition coefficient (Wildman–Crippen LogP) is 1.12. The lowest BCUT2D eigenvalue weighted by atomic mass is 10.2. The monoisotopic (exact) mass is 212 g/mol. The summed E-state index contributed by atoms with van der Waals surface area (Å²) in [7, 11) is 0. The molecule has 84 valence electrons. The van der Waals surface area contributed by atoms with Gasteiger partial charge in [0.15, 0.2) is 5.76 Å². The van der Waals surface area contributed by atoms with Crippen LogP contribution in [-0.2, 0) is 11.3 Å². The van der Waals surface area contributed by atoms with E-state index >= 15 is 0 Å². The van der Waals surface area contributed by atoms with E-state index in [1.54, 1.807) is 13.0 Å². The molecular formula is C10H16N2O3. The summed E-state index contributed by atoms with van der Waals surface area (Å²) in [5.74, 6) is 5.45. The molecule has 0 radical (unpaired) electrons. The van der Waals surface area contributed by atoms with Crippen molar-refractivity contribution in [3.8, 4) is 0 Å². The maximum absolute atomic E-state index is 11.2. The molecule has 0 saturated carbocycles. The second kappa shape index (κ2) is 4.95. The lowest BCUT2D eigenvalue weighted by molar-refractivity contribution is 0.0535. The highest BCUT2D eigenvalue weighted by Gasteiger charge is 2.14. The van der Waals surface area contributed by atoms with Crippen molar-refractivity contribution >= 4 is 5.91 Å². The molecule has 1 aromatic rings. The highest BCUT2D eigenvalue weighted by atomic mass is 16.5. The van der Waals surface area contributed by atoms with Crippen molar-refractivity contribution in [2.75, 3.05) is 0 Å². The quantitative estimate of drug-likeness (QED) is 0.445. The second-order valence-corrected chi connectivity index (χ2v) is 3.56. The minimum Gasteiger partial charge on any atom is -0.453 e. The fourth-order valence-corrected chi connectivity index (χ4v) is 1.16. The van der Waals surface area contributed by atoms with E-state index in [9.17, 15) is 4.79 Å². The van der Waals surface area contributed by atoms with Gasteiger partial charge in [-0.25, -0.2) is 5.84 Å². The Hall–Kier alpha value is -1.33. The zero-order valence-corrected chi connectivity index (χ0v) is 9.16. The molecule has 0 unspecified atom stereocenters. The fraction of sp³-hybridized carbons (Fsp3) is 0.500. The molecule has 0 aliphatic rings. The highest BCUT2D eigenvalue weighted by Crippen LogP contribution is 2.15. The van der Waals surface area contributed by atoms with Crippen LogP contribution in [-0.4, -0.2) is 12.0 Å². The van der Waals surface area contributed by atoms with E-state index in [2.05, 4.69) is 0 Å².